The average Bonchev–Trinajstić information content (AvgIpc) is 3.35. The highest BCUT2D eigenvalue weighted by atomic mass is 32.1. The third-order valence-electron chi connectivity index (χ3n) is 4.95. The Labute approximate surface area is 174 Å². The van der Waals surface area contributed by atoms with Gasteiger partial charge in [0.2, 0.25) is 5.13 Å². The summed E-state index contributed by atoms with van der Waals surface area (Å²) in [5.74, 6) is 0. The molecule has 2 aromatic heterocycles. The number of nitrogens with two attached hydrogens (primary N) is 1. The third-order valence-corrected chi connectivity index (χ3v) is 5.88. The van der Waals surface area contributed by atoms with Crippen molar-refractivity contribution in [2.75, 3.05) is 11.9 Å². The van der Waals surface area contributed by atoms with Crippen LogP contribution in [0.5, 0.6) is 0 Å². The minimum absolute atomic E-state index is 0.00474. The predicted molar refractivity (Wildman–Crippen MR) is 120 cm³/mol. The highest BCUT2D eigenvalue weighted by Gasteiger charge is 2.14. The standard InChI is InChI=1S/C22H26N6S/c1-22(2,3)17-7-4-14(5-8-17)10-18(23)13-24-21-28-27-20(29-21)15-6-9-19-16(11-15)12-25-26-19/h4-9,11-12,18H,10,13,23H2,1-3H3,(H,24,28)(H,25,26)/t18-/m0/s1. The largest absolute Gasteiger partial charge is 0.359 e. The monoisotopic (exact) mass is 406 g/mol. The summed E-state index contributed by atoms with van der Waals surface area (Å²) in [6.07, 6.45) is 2.63. The molecular weight excluding hydrogens is 380 g/mol. The number of H-pyrrole nitrogens is 1. The number of benzene rings is 2. The first-order valence-corrected chi connectivity index (χ1v) is 10.6. The lowest BCUT2D eigenvalue weighted by Gasteiger charge is -2.19. The van der Waals surface area contributed by atoms with Crippen LogP contribution in [0.4, 0.5) is 5.13 Å². The molecule has 0 saturated carbocycles. The number of rotatable bonds is 6. The van der Waals surface area contributed by atoms with E-state index in [-0.39, 0.29) is 11.5 Å². The second kappa shape index (κ2) is 7.93. The van der Waals surface area contributed by atoms with Gasteiger partial charge in [-0.15, -0.1) is 10.2 Å². The molecule has 4 N–H and O–H groups in total. The molecule has 0 fully saturated rings. The van der Waals surface area contributed by atoms with Crippen molar-refractivity contribution in [2.24, 2.45) is 5.73 Å². The fraction of sp³-hybridized carbons (Fsp3) is 0.318. The molecule has 2 heterocycles. The number of hydrogen-bond donors (Lipinski definition) is 3. The van der Waals surface area contributed by atoms with Crippen molar-refractivity contribution in [3.05, 3.63) is 59.8 Å². The molecule has 6 nitrogen and oxygen atoms in total. The quantitative estimate of drug-likeness (QED) is 0.442. The molecule has 0 saturated heterocycles. The van der Waals surface area contributed by atoms with Crippen LogP contribution < -0.4 is 11.1 Å². The van der Waals surface area contributed by atoms with E-state index in [0.29, 0.717) is 6.54 Å². The molecule has 0 amide bonds. The number of nitrogens with zero attached hydrogens (tertiary/aromatic N) is 3. The van der Waals surface area contributed by atoms with Crippen LogP contribution in [0.2, 0.25) is 0 Å². The fourth-order valence-corrected chi connectivity index (χ4v) is 3.97. The van der Waals surface area contributed by atoms with Crippen LogP contribution in [0.25, 0.3) is 21.5 Å². The summed E-state index contributed by atoms with van der Waals surface area (Å²) >= 11 is 1.53. The third kappa shape index (κ3) is 4.63. The summed E-state index contributed by atoms with van der Waals surface area (Å²) in [6.45, 7) is 7.32. The van der Waals surface area contributed by atoms with Crippen LogP contribution in [0.15, 0.2) is 48.7 Å². The van der Waals surface area contributed by atoms with Gasteiger partial charge in [0.25, 0.3) is 0 Å². The maximum absolute atomic E-state index is 6.33. The Morgan fingerprint density at radius 3 is 2.66 bits per heavy atom. The van der Waals surface area contributed by atoms with E-state index in [0.717, 1.165) is 33.0 Å². The fourth-order valence-electron chi connectivity index (χ4n) is 3.22. The van der Waals surface area contributed by atoms with Gasteiger partial charge in [-0.25, -0.2) is 0 Å². The van der Waals surface area contributed by atoms with Crippen LogP contribution >= 0.6 is 11.3 Å². The van der Waals surface area contributed by atoms with E-state index in [1.165, 1.54) is 22.5 Å². The molecule has 0 bridgehead atoms. The number of aromatic nitrogens is 4. The topological polar surface area (TPSA) is 92.5 Å². The Kier molecular flexibility index (Phi) is 5.34. The molecular formula is C22H26N6S. The van der Waals surface area contributed by atoms with E-state index >= 15 is 0 Å². The van der Waals surface area contributed by atoms with E-state index in [2.05, 4.69) is 76.8 Å². The average molecular weight is 407 g/mol. The zero-order valence-electron chi connectivity index (χ0n) is 16.9. The number of nitrogens with one attached hydrogen (secondary N) is 2. The van der Waals surface area contributed by atoms with Crippen LogP contribution in [0, 0.1) is 0 Å². The Hall–Kier alpha value is -2.77. The summed E-state index contributed by atoms with van der Waals surface area (Å²) in [4.78, 5) is 0. The Morgan fingerprint density at radius 1 is 1.10 bits per heavy atom. The van der Waals surface area contributed by atoms with Crippen LogP contribution in [-0.4, -0.2) is 33.0 Å². The van der Waals surface area contributed by atoms with Crippen molar-refractivity contribution in [1.29, 1.82) is 0 Å². The molecule has 29 heavy (non-hydrogen) atoms. The number of anilines is 1. The van der Waals surface area contributed by atoms with E-state index in [1.54, 1.807) is 0 Å². The second-order valence-electron chi connectivity index (χ2n) is 8.38. The van der Waals surface area contributed by atoms with E-state index in [4.69, 9.17) is 5.73 Å². The predicted octanol–water partition coefficient (Wildman–Crippen LogP) is 4.36. The first kappa shape index (κ1) is 19.5. The highest BCUT2D eigenvalue weighted by Crippen LogP contribution is 2.28. The molecule has 0 unspecified atom stereocenters. The van der Waals surface area contributed by atoms with Gasteiger partial charge >= 0.3 is 0 Å². The van der Waals surface area contributed by atoms with Crippen molar-refractivity contribution >= 4 is 27.4 Å². The first-order valence-electron chi connectivity index (χ1n) is 9.74. The van der Waals surface area contributed by atoms with Gasteiger partial charge in [0.1, 0.15) is 5.01 Å². The lowest BCUT2D eigenvalue weighted by atomic mass is 9.86. The Bertz CT molecular complexity index is 1090. The second-order valence-corrected chi connectivity index (χ2v) is 9.35. The molecule has 0 aliphatic rings. The maximum Gasteiger partial charge on any atom is 0.206 e. The number of aromatic amines is 1. The van der Waals surface area contributed by atoms with E-state index < -0.39 is 0 Å². The van der Waals surface area contributed by atoms with Crippen LogP contribution in [0.1, 0.15) is 31.9 Å². The van der Waals surface area contributed by atoms with E-state index in [1.807, 2.05) is 18.3 Å². The summed E-state index contributed by atoms with van der Waals surface area (Å²) in [5.41, 5.74) is 11.1. The zero-order valence-corrected chi connectivity index (χ0v) is 17.8. The van der Waals surface area contributed by atoms with Gasteiger partial charge < -0.3 is 11.1 Å². The summed E-state index contributed by atoms with van der Waals surface area (Å²) in [7, 11) is 0. The van der Waals surface area contributed by atoms with Crippen LogP contribution in [-0.2, 0) is 11.8 Å². The molecule has 4 rings (SSSR count). The van der Waals surface area contributed by atoms with Gasteiger partial charge in [-0.3, -0.25) is 5.10 Å². The molecule has 1 atom stereocenters. The molecule has 0 radical (unpaired) electrons. The van der Waals surface area contributed by atoms with E-state index in [9.17, 15) is 0 Å². The Morgan fingerprint density at radius 2 is 1.90 bits per heavy atom. The van der Waals surface area contributed by atoms with Gasteiger partial charge in [-0.1, -0.05) is 56.4 Å². The van der Waals surface area contributed by atoms with Gasteiger partial charge in [0, 0.05) is 23.5 Å². The summed E-state index contributed by atoms with van der Waals surface area (Å²) in [6, 6.07) is 14.9. The van der Waals surface area contributed by atoms with Crippen molar-refractivity contribution in [3.63, 3.8) is 0 Å². The molecule has 150 valence electrons. The normalized spacial score (nSPS) is 13.0. The minimum atomic E-state index is 0.00474. The van der Waals surface area contributed by atoms with Crippen molar-refractivity contribution in [1.82, 2.24) is 20.4 Å². The summed E-state index contributed by atoms with van der Waals surface area (Å²) < 4.78 is 0. The van der Waals surface area contributed by atoms with Crippen molar-refractivity contribution in [3.8, 4) is 10.6 Å². The SMILES string of the molecule is CC(C)(C)c1ccc(C[C@H](N)CNc2nnc(-c3ccc4[nH]ncc4c3)s2)cc1. The minimum Gasteiger partial charge on any atom is -0.359 e. The molecule has 0 spiro atoms. The molecule has 4 aromatic rings. The van der Waals surface area contributed by atoms with Crippen molar-refractivity contribution in [2.45, 2.75) is 38.6 Å². The van der Waals surface area contributed by atoms with Gasteiger partial charge in [0.05, 0.1) is 11.7 Å². The highest BCUT2D eigenvalue weighted by molar-refractivity contribution is 7.18. The molecule has 2 aromatic carbocycles. The smallest absolute Gasteiger partial charge is 0.206 e. The number of fused-ring (bicyclic) bond motifs is 1. The van der Waals surface area contributed by atoms with Gasteiger partial charge in [-0.05, 0) is 41.2 Å². The van der Waals surface area contributed by atoms with Gasteiger partial charge in [0.15, 0.2) is 0 Å². The summed E-state index contributed by atoms with van der Waals surface area (Å²) in [5, 5.41) is 21.6. The maximum atomic E-state index is 6.33. The van der Waals surface area contributed by atoms with Crippen LogP contribution in [0.3, 0.4) is 0 Å². The number of hydrogen-bond acceptors (Lipinski definition) is 6. The lowest BCUT2D eigenvalue weighted by molar-refractivity contribution is 0.589. The van der Waals surface area contributed by atoms with Crippen molar-refractivity contribution < 1.29 is 0 Å². The zero-order chi connectivity index (χ0) is 20.4. The first-order chi connectivity index (χ1) is 13.9. The Balaban J connectivity index is 1.34. The molecule has 0 aliphatic carbocycles. The lowest BCUT2D eigenvalue weighted by Crippen LogP contribution is -2.31. The van der Waals surface area contributed by atoms with Gasteiger partial charge in [-0.2, -0.15) is 5.10 Å². The molecule has 7 heteroatoms. The molecule has 0 aliphatic heterocycles.